The molecule has 4 rings (SSSR count). The average molecular weight is 449 g/mol. The van der Waals surface area contributed by atoms with Crippen LogP contribution in [-0.4, -0.2) is 20.9 Å². The third-order valence-corrected chi connectivity index (χ3v) is 7.61. The number of carbonyl (C=O) groups is 1. The monoisotopic (exact) mass is 448 g/mol. The van der Waals surface area contributed by atoms with Crippen LogP contribution in [0.25, 0.3) is 0 Å². The van der Waals surface area contributed by atoms with Crippen molar-refractivity contribution in [2.45, 2.75) is 43.9 Å². The Morgan fingerprint density at radius 3 is 2.22 bits per heavy atom. The number of sulfonamides is 1. The normalized spacial score (nSPS) is 14.0. The summed E-state index contributed by atoms with van der Waals surface area (Å²) in [5.74, 6) is -0.277. The van der Waals surface area contributed by atoms with Gasteiger partial charge in [0, 0.05) is 17.8 Å². The Hall–Kier alpha value is -3.12. The molecule has 1 N–H and O–H groups in total. The molecule has 0 atom stereocenters. The van der Waals surface area contributed by atoms with Crippen molar-refractivity contribution in [2.24, 2.45) is 0 Å². The van der Waals surface area contributed by atoms with Gasteiger partial charge >= 0.3 is 0 Å². The summed E-state index contributed by atoms with van der Waals surface area (Å²) in [6.45, 7) is 6.86. The highest BCUT2D eigenvalue weighted by atomic mass is 32.2. The number of hydrogen-bond donors (Lipinski definition) is 1. The number of rotatable bonds is 4. The molecule has 166 valence electrons. The number of benzene rings is 3. The first-order chi connectivity index (χ1) is 15.2. The average Bonchev–Trinajstić information content (AvgIpc) is 2.78. The fraction of sp³-hybridized carbons (Fsp3) is 0.269. The lowest BCUT2D eigenvalue weighted by atomic mass is 9.87. The van der Waals surface area contributed by atoms with Gasteiger partial charge in [0.2, 0.25) is 0 Å². The topological polar surface area (TPSA) is 66.5 Å². The van der Waals surface area contributed by atoms with Crippen LogP contribution in [0.2, 0.25) is 0 Å². The van der Waals surface area contributed by atoms with Gasteiger partial charge in [-0.15, -0.1) is 0 Å². The van der Waals surface area contributed by atoms with Gasteiger partial charge in [0.15, 0.2) is 0 Å². The van der Waals surface area contributed by atoms with Gasteiger partial charge in [0.05, 0.1) is 10.6 Å². The van der Waals surface area contributed by atoms with Crippen LogP contribution in [0.3, 0.4) is 0 Å². The summed E-state index contributed by atoms with van der Waals surface area (Å²) in [6.07, 6.45) is 1.66. The minimum Gasteiger partial charge on any atom is -0.322 e. The molecule has 1 aliphatic rings. The van der Waals surface area contributed by atoms with Gasteiger partial charge in [0.1, 0.15) is 0 Å². The Morgan fingerprint density at radius 2 is 1.56 bits per heavy atom. The first-order valence-electron chi connectivity index (χ1n) is 10.8. The van der Waals surface area contributed by atoms with Gasteiger partial charge in [-0.25, -0.2) is 8.42 Å². The van der Waals surface area contributed by atoms with Crippen molar-refractivity contribution in [2.75, 3.05) is 16.2 Å². The summed E-state index contributed by atoms with van der Waals surface area (Å²) >= 11 is 0. The molecular formula is C26H28N2O3S. The molecule has 0 bridgehead atoms. The van der Waals surface area contributed by atoms with Gasteiger partial charge in [0.25, 0.3) is 15.9 Å². The summed E-state index contributed by atoms with van der Waals surface area (Å²) in [5.41, 5.74) is 4.10. The van der Waals surface area contributed by atoms with E-state index in [0.717, 1.165) is 24.1 Å². The van der Waals surface area contributed by atoms with E-state index in [1.165, 1.54) is 22.0 Å². The summed E-state index contributed by atoms with van der Waals surface area (Å²) < 4.78 is 28.0. The Kier molecular flexibility index (Phi) is 5.82. The minimum absolute atomic E-state index is 0.0404. The molecule has 3 aromatic rings. The molecule has 5 nitrogen and oxygen atoms in total. The minimum atomic E-state index is -3.69. The van der Waals surface area contributed by atoms with E-state index in [1.54, 1.807) is 12.1 Å². The van der Waals surface area contributed by atoms with E-state index >= 15 is 0 Å². The number of fused-ring (bicyclic) bond motifs is 1. The maximum Gasteiger partial charge on any atom is 0.264 e. The van der Waals surface area contributed by atoms with Crippen LogP contribution in [0.4, 0.5) is 11.4 Å². The highest BCUT2D eigenvalue weighted by Gasteiger charge is 2.29. The van der Waals surface area contributed by atoms with Crippen LogP contribution >= 0.6 is 0 Å². The number of amides is 1. The number of anilines is 2. The summed E-state index contributed by atoms with van der Waals surface area (Å²) in [5, 5.41) is 2.87. The molecule has 0 saturated heterocycles. The zero-order valence-electron chi connectivity index (χ0n) is 18.6. The second-order valence-corrected chi connectivity index (χ2v) is 11.0. The standard InChI is InChI=1S/C26H28N2O3S/c1-26(2,3)21-12-14-22(15-13-21)27-25(29)20-10-16-23(17-11-20)32(30,31)28-18-6-8-19-7-4-5-9-24(19)28/h4-5,7,9-17H,6,8,18H2,1-3H3,(H,27,29). The van der Waals surface area contributed by atoms with E-state index in [9.17, 15) is 13.2 Å². The van der Waals surface area contributed by atoms with Crippen LogP contribution in [0.5, 0.6) is 0 Å². The second kappa shape index (κ2) is 8.43. The Bertz CT molecular complexity index is 1230. The number of hydrogen-bond acceptors (Lipinski definition) is 3. The van der Waals surface area contributed by atoms with Gasteiger partial charge < -0.3 is 5.32 Å². The molecule has 0 aromatic heterocycles. The van der Waals surface area contributed by atoms with Crippen LogP contribution in [0.15, 0.2) is 77.7 Å². The summed E-state index contributed by atoms with van der Waals surface area (Å²) in [4.78, 5) is 12.8. The molecule has 0 radical (unpaired) electrons. The molecule has 3 aromatic carbocycles. The van der Waals surface area contributed by atoms with E-state index in [4.69, 9.17) is 0 Å². The summed E-state index contributed by atoms with van der Waals surface area (Å²) in [6, 6.07) is 21.5. The first kappa shape index (κ1) is 22.1. The van der Waals surface area contributed by atoms with Crippen molar-refractivity contribution in [3.63, 3.8) is 0 Å². The lowest BCUT2D eigenvalue weighted by molar-refractivity contribution is 0.102. The zero-order chi connectivity index (χ0) is 22.9. The molecule has 1 heterocycles. The number of aryl methyl sites for hydroxylation is 1. The molecule has 32 heavy (non-hydrogen) atoms. The lowest BCUT2D eigenvalue weighted by Crippen LogP contribution is -2.35. The van der Waals surface area contributed by atoms with Crippen LogP contribution in [0, 0.1) is 0 Å². The van der Waals surface area contributed by atoms with E-state index < -0.39 is 10.0 Å². The molecule has 6 heteroatoms. The first-order valence-corrected chi connectivity index (χ1v) is 12.2. The van der Waals surface area contributed by atoms with Crippen molar-refractivity contribution < 1.29 is 13.2 Å². The maximum absolute atomic E-state index is 13.3. The fourth-order valence-corrected chi connectivity index (χ4v) is 5.45. The van der Waals surface area contributed by atoms with Crippen molar-refractivity contribution in [1.82, 2.24) is 0 Å². The predicted molar refractivity (Wildman–Crippen MR) is 129 cm³/mol. The quantitative estimate of drug-likeness (QED) is 0.583. The second-order valence-electron chi connectivity index (χ2n) is 9.12. The van der Waals surface area contributed by atoms with Crippen LogP contribution < -0.4 is 9.62 Å². The van der Waals surface area contributed by atoms with Crippen molar-refractivity contribution >= 4 is 27.3 Å². The van der Waals surface area contributed by atoms with Crippen molar-refractivity contribution in [1.29, 1.82) is 0 Å². The fourth-order valence-electron chi connectivity index (χ4n) is 3.91. The highest BCUT2D eigenvalue weighted by molar-refractivity contribution is 7.92. The van der Waals surface area contributed by atoms with Gasteiger partial charge in [-0.3, -0.25) is 9.10 Å². The van der Waals surface area contributed by atoms with Crippen molar-refractivity contribution in [3.05, 3.63) is 89.5 Å². The number of nitrogens with zero attached hydrogens (tertiary/aromatic N) is 1. The van der Waals surface area contributed by atoms with Crippen molar-refractivity contribution in [3.8, 4) is 0 Å². The largest absolute Gasteiger partial charge is 0.322 e. The van der Waals surface area contributed by atoms with Gasteiger partial charge in [-0.1, -0.05) is 51.1 Å². The molecular weight excluding hydrogens is 420 g/mol. The number of para-hydroxylation sites is 1. The summed E-state index contributed by atoms with van der Waals surface area (Å²) in [7, 11) is -3.69. The Morgan fingerprint density at radius 1 is 0.906 bits per heavy atom. The molecule has 0 unspecified atom stereocenters. The number of carbonyl (C=O) groups excluding carboxylic acids is 1. The molecule has 0 saturated carbocycles. The Labute approximate surface area is 190 Å². The highest BCUT2D eigenvalue weighted by Crippen LogP contribution is 2.32. The van der Waals surface area contributed by atoms with Gasteiger partial charge in [-0.05, 0) is 71.8 Å². The third kappa shape index (κ3) is 4.41. The molecule has 0 spiro atoms. The molecule has 0 fully saturated rings. The molecule has 1 amide bonds. The van der Waals surface area contributed by atoms with E-state index in [0.29, 0.717) is 17.8 Å². The zero-order valence-corrected chi connectivity index (χ0v) is 19.4. The SMILES string of the molecule is CC(C)(C)c1ccc(NC(=O)c2ccc(S(=O)(=O)N3CCCc4ccccc43)cc2)cc1. The predicted octanol–water partition coefficient (Wildman–Crippen LogP) is 5.38. The van der Waals surface area contributed by atoms with Gasteiger partial charge in [-0.2, -0.15) is 0 Å². The van der Waals surface area contributed by atoms with Crippen LogP contribution in [0.1, 0.15) is 48.7 Å². The number of nitrogens with one attached hydrogen (secondary N) is 1. The lowest BCUT2D eigenvalue weighted by Gasteiger charge is -2.30. The van der Waals surface area contributed by atoms with E-state index in [1.807, 2.05) is 48.5 Å². The maximum atomic E-state index is 13.3. The van der Waals surface area contributed by atoms with E-state index in [2.05, 4.69) is 26.1 Å². The third-order valence-electron chi connectivity index (χ3n) is 5.78. The smallest absolute Gasteiger partial charge is 0.264 e. The Balaban J connectivity index is 1.51. The molecule has 1 aliphatic heterocycles. The molecule has 0 aliphatic carbocycles. The van der Waals surface area contributed by atoms with E-state index in [-0.39, 0.29) is 16.2 Å². The van der Waals surface area contributed by atoms with Crippen LogP contribution in [-0.2, 0) is 21.9 Å².